The zero-order valence-electron chi connectivity index (χ0n) is 9.37. The van der Waals surface area contributed by atoms with E-state index < -0.39 is 0 Å². The van der Waals surface area contributed by atoms with Gasteiger partial charge < -0.3 is 4.74 Å². The monoisotopic (exact) mass is 225 g/mol. The van der Waals surface area contributed by atoms with Gasteiger partial charge in [-0.1, -0.05) is 18.2 Å². The molecule has 2 aromatic heterocycles. The van der Waals surface area contributed by atoms with Gasteiger partial charge in [-0.2, -0.15) is 5.10 Å². The van der Waals surface area contributed by atoms with Gasteiger partial charge in [-0.05, 0) is 12.1 Å². The second kappa shape index (κ2) is 3.90. The Bertz CT molecular complexity index is 643. The van der Waals surface area contributed by atoms with Gasteiger partial charge in [-0.15, -0.1) is 0 Å². The van der Waals surface area contributed by atoms with Gasteiger partial charge in [0.25, 0.3) is 0 Å². The highest BCUT2D eigenvalue weighted by Gasteiger charge is 2.04. The van der Waals surface area contributed by atoms with Crippen LogP contribution in [0, 0.1) is 0 Å². The van der Waals surface area contributed by atoms with Crippen molar-refractivity contribution in [1.82, 2.24) is 14.8 Å². The van der Waals surface area contributed by atoms with Gasteiger partial charge in [0.15, 0.2) is 0 Å². The van der Waals surface area contributed by atoms with Crippen molar-refractivity contribution >= 4 is 10.9 Å². The number of fused-ring (bicyclic) bond motifs is 1. The van der Waals surface area contributed by atoms with E-state index in [0.717, 1.165) is 16.6 Å². The highest BCUT2D eigenvalue weighted by atomic mass is 16.5. The quantitative estimate of drug-likeness (QED) is 0.672. The SMILES string of the molecule is COc1ccc(-n2ncc3ccccc32)cn1. The highest BCUT2D eigenvalue weighted by Crippen LogP contribution is 2.18. The lowest BCUT2D eigenvalue weighted by Crippen LogP contribution is -1.97. The molecule has 0 fully saturated rings. The van der Waals surface area contributed by atoms with Crippen molar-refractivity contribution in [3.63, 3.8) is 0 Å². The fourth-order valence-corrected chi connectivity index (χ4v) is 1.80. The van der Waals surface area contributed by atoms with E-state index in [9.17, 15) is 0 Å². The van der Waals surface area contributed by atoms with E-state index in [-0.39, 0.29) is 0 Å². The normalized spacial score (nSPS) is 10.6. The summed E-state index contributed by atoms with van der Waals surface area (Å²) in [7, 11) is 1.60. The molecule has 0 spiro atoms. The zero-order chi connectivity index (χ0) is 11.7. The third-order valence-corrected chi connectivity index (χ3v) is 2.65. The zero-order valence-corrected chi connectivity index (χ0v) is 9.37. The molecule has 0 amide bonds. The van der Waals surface area contributed by atoms with Crippen molar-refractivity contribution < 1.29 is 4.74 Å². The minimum absolute atomic E-state index is 0.602. The number of methoxy groups -OCH3 is 1. The molecule has 0 unspecified atom stereocenters. The second-order valence-corrected chi connectivity index (χ2v) is 3.67. The summed E-state index contributed by atoms with van der Waals surface area (Å²) in [4.78, 5) is 4.18. The van der Waals surface area contributed by atoms with E-state index in [4.69, 9.17) is 4.74 Å². The predicted octanol–water partition coefficient (Wildman–Crippen LogP) is 2.43. The Labute approximate surface area is 98.5 Å². The van der Waals surface area contributed by atoms with Crippen molar-refractivity contribution in [2.45, 2.75) is 0 Å². The molecule has 3 rings (SSSR count). The molecule has 0 aliphatic heterocycles. The summed E-state index contributed by atoms with van der Waals surface area (Å²) in [5.41, 5.74) is 1.99. The summed E-state index contributed by atoms with van der Waals surface area (Å²) < 4.78 is 6.90. The van der Waals surface area contributed by atoms with Crippen LogP contribution in [0.1, 0.15) is 0 Å². The number of ether oxygens (including phenoxy) is 1. The van der Waals surface area contributed by atoms with Crippen molar-refractivity contribution in [1.29, 1.82) is 0 Å². The van der Waals surface area contributed by atoms with Crippen LogP contribution in [0.15, 0.2) is 48.8 Å². The third-order valence-electron chi connectivity index (χ3n) is 2.65. The Morgan fingerprint density at radius 3 is 2.71 bits per heavy atom. The summed E-state index contributed by atoms with van der Waals surface area (Å²) in [5, 5.41) is 5.47. The molecule has 0 aliphatic carbocycles. The van der Waals surface area contributed by atoms with Crippen molar-refractivity contribution in [3.8, 4) is 11.6 Å². The van der Waals surface area contributed by atoms with Crippen molar-refractivity contribution in [3.05, 3.63) is 48.8 Å². The fraction of sp³-hybridized carbons (Fsp3) is 0.0769. The first-order valence-electron chi connectivity index (χ1n) is 5.31. The van der Waals surface area contributed by atoms with E-state index in [0.29, 0.717) is 5.88 Å². The standard InChI is InChI=1S/C13H11N3O/c1-17-13-7-6-11(9-14-13)16-12-5-3-2-4-10(12)8-15-16/h2-9H,1H3. The summed E-state index contributed by atoms with van der Waals surface area (Å²) >= 11 is 0. The van der Waals surface area contributed by atoms with Gasteiger partial charge in [0.05, 0.1) is 30.7 Å². The van der Waals surface area contributed by atoms with E-state index in [1.165, 1.54) is 0 Å². The van der Waals surface area contributed by atoms with Crippen LogP contribution in [0.2, 0.25) is 0 Å². The fourth-order valence-electron chi connectivity index (χ4n) is 1.80. The molecular weight excluding hydrogens is 214 g/mol. The average molecular weight is 225 g/mol. The molecule has 0 N–H and O–H groups in total. The smallest absolute Gasteiger partial charge is 0.213 e. The molecule has 4 heteroatoms. The Kier molecular flexibility index (Phi) is 2.26. The molecule has 0 saturated carbocycles. The van der Waals surface area contributed by atoms with Gasteiger partial charge >= 0.3 is 0 Å². The lowest BCUT2D eigenvalue weighted by atomic mass is 10.2. The lowest BCUT2D eigenvalue weighted by Gasteiger charge is -2.03. The molecule has 0 saturated heterocycles. The number of pyridine rings is 1. The Balaban J connectivity index is 2.13. The predicted molar refractivity (Wildman–Crippen MR) is 65.4 cm³/mol. The third kappa shape index (κ3) is 1.63. The number of nitrogens with zero attached hydrogens (tertiary/aromatic N) is 3. The molecule has 0 aliphatic rings. The van der Waals surface area contributed by atoms with E-state index >= 15 is 0 Å². The summed E-state index contributed by atoms with van der Waals surface area (Å²) in [6.07, 6.45) is 3.60. The second-order valence-electron chi connectivity index (χ2n) is 3.67. The maximum absolute atomic E-state index is 5.03. The number of rotatable bonds is 2. The molecule has 84 valence electrons. The molecule has 2 heterocycles. The van der Waals surface area contributed by atoms with Crippen LogP contribution in [0.4, 0.5) is 0 Å². The minimum atomic E-state index is 0.602. The number of para-hydroxylation sites is 1. The largest absolute Gasteiger partial charge is 0.481 e. The maximum Gasteiger partial charge on any atom is 0.213 e. The Morgan fingerprint density at radius 2 is 1.94 bits per heavy atom. The van der Waals surface area contributed by atoms with E-state index in [2.05, 4.69) is 10.1 Å². The Morgan fingerprint density at radius 1 is 1.06 bits per heavy atom. The topological polar surface area (TPSA) is 39.9 Å². The van der Waals surface area contributed by atoms with Crippen LogP contribution < -0.4 is 4.74 Å². The minimum Gasteiger partial charge on any atom is -0.481 e. The average Bonchev–Trinajstić information content (AvgIpc) is 2.83. The van der Waals surface area contributed by atoms with Crippen molar-refractivity contribution in [2.24, 2.45) is 0 Å². The number of benzene rings is 1. The van der Waals surface area contributed by atoms with E-state index in [1.807, 2.05) is 47.3 Å². The first-order valence-corrected chi connectivity index (χ1v) is 5.31. The summed E-state index contributed by atoms with van der Waals surface area (Å²) in [6, 6.07) is 11.8. The van der Waals surface area contributed by atoms with Crippen LogP contribution >= 0.6 is 0 Å². The Hall–Kier alpha value is -2.36. The molecule has 17 heavy (non-hydrogen) atoms. The molecule has 0 bridgehead atoms. The van der Waals surface area contributed by atoms with E-state index in [1.54, 1.807) is 13.3 Å². The van der Waals surface area contributed by atoms with Gasteiger partial charge in [0.1, 0.15) is 0 Å². The summed E-state index contributed by atoms with van der Waals surface area (Å²) in [6.45, 7) is 0. The van der Waals surface area contributed by atoms with Crippen molar-refractivity contribution in [2.75, 3.05) is 7.11 Å². The maximum atomic E-state index is 5.03. The van der Waals surface area contributed by atoms with Crippen LogP contribution in [0.5, 0.6) is 5.88 Å². The molecule has 3 aromatic rings. The highest BCUT2D eigenvalue weighted by molar-refractivity contribution is 5.79. The van der Waals surface area contributed by atoms with Gasteiger partial charge in [-0.3, -0.25) is 0 Å². The summed E-state index contributed by atoms with van der Waals surface area (Å²) in [5.74, 6) is 0.602. The van der Waals surface area contributed by atoms with Crippen LogP contribution in [-0.2, 0) is 0 Å². The van der Waals surface area contributed by atoms with Crippen LogP contribution in [0.25, 0.3) is 16.6 Å². The molecule has 0 atom stereocenters. The number of hydrogen-bond acceptors (Lipinski definition) is 3. The first kappa shape index (κ1) is 9.84. The van der Waals surface area contributed by atoms with Crippen LogP contribution in [0.3, 0.4) is 0 Å². The first-order chi connectivity index (χ1) is 8.38. The van der Waals surface area contributed by atoms with Gasteiger partial charge in [0, 0.05) is 11.5 Å². The molecule has 0 radical (unpaired) electrons. The number of hydrogen-bond donors (Lipinski definition) is 0. The van der Waals surface area contributed by atoms with Gasteiger partial charge in [0.2, 0.25) is 5.88 Å². The van der Waals surface area contributed by atoms with Gasteiger partial charge in [-0.25, -0.2) is 9.67 Å². The molecule has 4 nitrogen and oxygen atoms in total. The molecular formula is C13H11N3O. The molecule has 1 aromatic carbocycles. The number of aromatic nitrogens is 3. The van der Waals surface area contributed by atoms with Crippen LogP contribution in [-0.4, -0.2) is 21.9 Å². The lowest BCUT2D eigenvalue weighted by molar-refractivity contribution is 0.397.